The summed E-state index contributed by atoms with van der Waals surface area (Å²) in [7, 11) is 0. The summed E-state index contributed by atoms with van der Waals surface area (Å²) in [6.07, 6.45) is 0.743. The van der Waals surface area contributed by atoms with Crippen molar-refractivity contribution in [3.8, 4) is 5.75 Å². The zero-order chi connectivity index (χ0) is 24.8. The Hall–Kier alpha value is -3.30. The summed E-state index contributed by atoms with van der Waals surface area (Å²) in [5, 5.41) is 4.12. The highest BCUT2D eigenvalue weighted by molar-refractivity contribution is 7.99. The van der Waals surface area contributed by atoms with Crippen molar-refractivity contribution in [3.63, 3.8) is 0 Å². The van der Waals surface area contributed by atoms with Gasteiger partial charge in [-0.25, -0.2) is 4.98 Å². The molecule has 8 nitrogen and oxygen atoms in total. The molecule has 2 aromatic carbocycles. The van der Waals surface area contributed by atoms with Crippen LogP contribution < -0.4 is 15.6 Å². The number of carbonyl (C=O) groups is 1. The molecule has 0 atom stereocenters. The van der Waals surface area contributed by atoms with E-state index in [2.05, 4.69) is 5.32 Å². The number of benzene rings is 2. The number of rotatable bonds is 11. The molecule has 1 amide bonds. The summed E-state index contributed by atoms with van der Waals surface area (Å²) < 4.78 is 18.6. The van der Waals surface area contributed by atoms with Crippen LogP contribution in [0.4, 0.5) is 5.69 Å². The molecule has 4 rings (SSSR count). The molecule has 184 valence electrons. The number of furan rings is 1. The predicted molar refractivity (Wildman–Crippen MR) is 138 cm³/mol. The molecule has 1 N–H and O–H groups in total. The number of amides is 1. The van der Waals surface area contributed by atoms with E-state index < -0.39 is 0 Å². The van der Waals surface area contributed by atoms with Gasteiger partial charge in [0.25, 0.3) is 5.56 Å². The first-order chi connectivity index (χ1) is 17.0. The van der Waals surface area contributed by atoms with Gasteiger partial charge in [0.1, 0.15) is 16.8 Å². The van der Waals surface area contributed by atoms with E-state index in [-0.39, 0.29) is 28.9 Å². The Morgan fingerprint density at radius 1 is 1.17 bits per heavy atom. The molecule has 35 heavy (non-hydrogen) atoms. The number of para-hydroxylation sites is 3. The van der Waals surface area contributed by atoms with Crippen LogP contribution in [0.5, 0.6) is 5.75 Å². The maximum atomic E-state index is 13.4. The van der Waals surface area contributed by atoms with Gasteiger partial charge in [-0.05, 0) is 51.5 Å². The maximum Gasteiger partial charge on any atom is 0.297 e. The average molecular weight is 496 g/mol. The fraction of sp³-hybridized carbons (Fsp3) is 0.346. The van der Waals surface area contributed by atoms with Crippen molar-refractivity contribution in [2.45, 2.75) is 45.0 Å². The maximum absolute atomic E-state index is 13.4. The lowest BCUT2D eigenvalue weighted by atomic mass is 10.2. The number of ether oxygens (including phenoxy) is 2. The van der Waals surface area contributed by atoms with Crippen molar-refractivity contribution in [3.05, 3.63) is 58.9 Å². The van der Waals surface area contributed by atoms with Gasteiger partial charge in [0, 0.05) is 18.5 Å². The van der Waals surface area contributed by atoms with E-state index in [4.69, 9.17) is 18.9 Å². The smallest absolute Gasteiger partial charge is 0.297 e. The van der Waals surface area contributed by atoms with Gasteiger partial charge in [-0.3, -0.25) is 14.2 Å². The number of hydrogen-bond acceptors (Lipinski definition) is 7. The highest BCUT2D eigenvalue weighted by atomic mass is 32.2. The van der Waals surface area contributed by atoms with Crippen molar-refractivity contribution < 1.29 is 18.7 Å². The minimum Gasteiger partial charge on any atom is -0.492 e. The largest absolute Gasteiger partial charge is 0.492 e. The summed E-state index contributed by atoms with van der Waals surface area (Å²) in [5.41, 5.74) is 1.67. The standard InChI is InChI=1S/C26H29N3O5S/c1-4-32-21-13-8-6-11-19(21)27-22(30)16-35-26-28-23-18-10-5-7-12-20(18)34-24(23)25(31)29(26)14-9-15-33-17(2)3/h5-8,10-13,17H,4,9,14-16H2,1-3H3,(H,27,30). The van der Waals surface area contributed by atoms with Crippen LogP contribution in [0.3, 0.4) is 0 Å². The van der Waals surface area contributed by atoms with Gasteiger partial charge in [0.15, 0.2) is 5.16 Å². The number of thioether (sulfide) groups is 1. The Bertz CT molecular complexity index is 1380. The molecule has 0 aliphatic rings. The lowest BCUT2D eigenvalue weighted by Gasteiger charge is -2.13. The van der Waals surface area contributed by atoms with Gasteiger partial charge in [-0.2, -0.15) is 0 Å². The number of nitrogens with one attached hydrogen (secondary N) is 1. The third-order valence-electron chi connectivity index (χ3n) is 5.22. The summed E-state index contributed by atoms with van der Waals surface area (Å²) in [6.45, 7) is 7.25. The summed E-state index contributed by atoms with van der Waals surface area (Å²) >= 11 is 1.22. The van der Waals surface area contributed by atoms with Crippen LogP contribution in [0.1, 0.15) is 27.2 Å². The lowest BCUT2D eigenvalue weighted by molar-refractivity contribution is -0.113. The fourth-order valence-corrected chi connectivity index (χ4v) is 4.49. The Morgan fingerprint density at radius 3 is 2.74 bits per heavy atom. The van der Waals surface area contributed by atoms with Gasteiger partial charge in [-0.15, -0.1) is 0 Å². The van der Waals surface area contributed by atoms with E-state index in [0.717, 1.165) is 5.39 Å². The molecule has 9 heteroatoms. The summed E-state index contributed by atoms with van der Waals surface area (Å²) in [4.78, 5) is 30.9. The molecule has 0 aliphatic heterocycles. The quantitative estimate of drug-likeness (QED) is 0.176. The van der Waals surface area contributed by atoms with Gasteiger partial charge < -0.3 is 19.2 Å². The van der Waals surface area contributed by atoms with Crippen LogP contribution in [0.15, 0.2) is 62.9 Å². The number of carbonyl (C=O) groups excluding carboxylic acids is 1. The third-order valence-corrected chi connectivity index (χ3v) is 6.19. The summed E-state index contributed by atoms with van der Waals surface area (Å²) in [5.74, 6) is 0.472. The molecule has 2 heterocycles. The molecule has 0 radical (unpaired) electrons. The fourth-order valence-electron chi connectivity index (χ4n) is 3.67. The van der Waals surface area contributed by atoms with E-state index in [9.17, 15) is 9.59 Å². The lowest BCUT2D eigenvalue weighted by Crippen LogP contribution is -2.25. The van der Waals surface area contributed by atoms with Gasteiger partial charge in [0.05, 0.1) is 24.2 Å². The molecular formula is C26H29N3O5S. The molecule has 0 fully saturated rings. The number of aromatic nitrogens is 2. The van der Waals surface area contributed by atoms with Crippen molar-refractivity contribution in [2.75, 3.05) is 24.3 Å². The van der Waals surface area contributed by atoms with Crippen LogP contribution in [-0.4, -0.2) is 40.5 Å². The van der Waals surface area contributed by atoms with Gasteiger partial charge in [0.2, 0.25) is 11.5 Å². The first kappa shape index (κ1) is 24.8. The van der Waals surface area contributed by atoms with Crippen molar-refractivity contribution in [2.24, 2.45) is 0 Å². The first-order valence-corrected chi connectivity index (χ1v) is 12.6. The second-order valence-corrected chi connectivity index (χ2v) is 9.11. The topological polar surface area (TPSA) is 95.6 Å². The highest BCUT2D eigenvalue weighted by Crippen LogP contribution is 2.28. The van der Waals surface area contributed by atoms with E-state index >= 15 is 0 Å². The Balaban J connectivity index is 1.59. The van der Waals surface area contributed by atoms with Crippen LogP contribution in [0, 0.1) is 0 Å². The average Bonchev–Trinajstić information content (AvgIpc) is 3.22. The molecule has 0 saturated heterocycles. The zero-order valence-corrected chi connectivity index (χ0v) is 20.9. The van der Waals surface area contributed by atoms with Crippen molar-refractivity contribution >= 4 is 45.4 Å². The van der Waals surface area contributed by atoms with Crippen molar-refractivity contribution in [1.29, 1.82) is 0 Å². The van der Waals surface area contributed by atoms with Gasteiger partial charge in [-0.1, -0.05) is 36.0 Å². The van der Waals surface area contributed by atoms with Crippen LogP contribution in [0.2, 0.25) is 0 Å². The van der Waals surface area contributed by atoms with Crippen LogP contribution in [0.25, 0.3) is 22.1 Å². The van der Waals surface area contributed by atoms with E-state index in [0.29, 0.717) is 53.9 Å². The third kappa shape index (κ3) is 5.86. The normalized spacial score (nSPS) is 11.4. The second kappa shape index (κ2) is 11.4. The van der Waals surface area contributed by atoms with Gasteiger partial charge >= 0.3 is 0 Å². The highest BCUT2D eigenvalue weighted by Gasteiger charge is 2.19. The molecule has 0 unspecified atom stereocenters. The summed E-state index contributed by atoms with van der Waals surface area (Å²) in [6, 6.07) is 14.7. The van der Waals surface area contributed by atoms with E-state index in [1.165, 1.54) is 11.8 Å². The second-order valence-electron chi connectivity index (χ2n) is 8.17. The molecular weight excluding hydrogens is 466 g/mol. The molecule has 4 aromatic rings. The number of nitrogens with zero attached hydrogens (tertiary/aromatic N) is 2. The Labute approximate surface area is 207 Å². The molecule has 2 aromatic heterocycles. The number of fused-ring (bicyclic) bond motifs is 3. The van der Waals surface area contributed by atoms with Crippen molar-refractivity contribution in [1.82, 2.24) is 9.55 Å². The zero-order valence-electron chi connectivity index (χ0n) is 20.1. The monoisotopic (exact) mass is 495 g/mol. The first-order valence-electron chi connectivity index (χ1n) is 11.7. The van der Waals surface area contributed by atoms with Crippen LogP contribution in [-0.2, 0) is 16.1 Å². The van der Waals surface area contributed by atoms with E-state index in [1.807, 2.05) is 63.2 Å². The minimum absolute atomic E-state index is 0.0800. The molecule has 0 saturated carbocycles. The number of anilines is 1. The van der Waals surface area contributed by atoms with E-state index in [1.54, 1.807) is 10.6 Å². The minimum atomic E-state index is -0.264. The Morgan fingerprint density at radius 2 is 1.94 bits per heavy atom. The number of hydrogen-bond donors (Lipinski definition) is 1. The molecule has 0 aliphatic carbocycles. The molecule has 0 bridgehead atoms. The molecule has 0 spiro atoms. The Kier molecular flexibility index (Phi) is 8.09. The van der Waals surface area contributed by atoms with Crippen LogP contribution >= 0.6 is 11.8 Å². The SMILES string of the molecule is CCOc1ccccc1NC(=O)CSc1nc2c(oc3ccccc32)c(=O)n1CCCOC(C)C. The predicted octanol–water partition coefficient (Wildman–Crippen LogP) is 5.09.